The molecular formula is C12H11BrClN3O. The zero-order chi connectivity index (χ0) is 12.8. The minimum absolute atomic E-state index is 0.0200. The first-order chi connectivity index (χ1) is 8.64. The Morgan fingerprint density at radius 3 is 3.00 bits per heavy atom. The van der Waals surface area contributed by atoms with Gasteiger partial charge in [0.15, 0.2) is 0 Å². The van der Waals surface area contributed by atoms with Gasteiger partial charge in [0.1, 0.15) is 5.88 Å². The third-order valence-corrected chi connectivity index (χ3v) is 3.96. The predicted molar refractivity (Wildman–Crippen MR) is 73.6 cm³/mol. The molecule has 2 N–H and O–H groups in total. The summed E-state index contributed by atoms with van der Waals surface area (Å²) in [5.74, 6) is -0.173. The van der Waals surface area contributed by atoms with E-state index in [4.69, 9.17) is 11.6 Å². The number of hydrogen-bond donors (Lipinski definition) is 2. The van der Waals surface area contributed by atoms with Crippen molar-refractivity contribution in [2.24, 2.45) is 0 Å². The van der Waals surface area contributed by atoms with E-state index in [1.807, 2.05) is 18.2 Å². The van der Waals surface area contributed by atoms with Gasteiger partial charge in [-0.2, -0.15) is 5.10 Å². The number of amides is 1. The number of aromatic amines is 1. The summed E-state index contributed by atoms with van der Waals surface area (Å²) in [6, 6.07) is 5.94. The van der Waals surface area contributed by atoms with Crippen LogP contribution in [-0.2, 0) is 10.3 Å². The van der Waals surface area contributed by atoms with Crippen molar-refractivity contribution < 1.29 is 4.79 Å². The molecule has 1 aromatic heterocycles. The fourth-order valence-electron chi connectivity index (χ4n) is 2.20. The highest BCUT2D eigenvalue weighted by Gasteiger charge is 2.48. The van der Waals surface area contributed by atoms with Gasteiger partial charge in [0.2, 0.25) is 5.91 Å². The normalized spacial score (nSPS) is 16.8. The lowest BCUT2D eigenvalue weighted by molar-refractivity contribution is -0.119. The number of benzene rings is 1. The van der Waals surface area contributed by atoms with E-state index < -0.39 is 0 Å². The molecule has 1 heterocycles. The van der Waals surface area contributed by atoms with Crippen molar-refractivity contribution in [1.29, 1.82) is 0 Å². The smallest absolute Gasteiger partial charge is 0.235 e. The Labute approximate surface area is 117 Å². The predicted octanol–water partition coefficient (Wildman–Crippen LogP) is 2.67. The molecule has 1 aromatic carbocycles. The van der Waals surface area contributed by atoms with Crippen molar-refractivity contribution in [3.8, 4) is 0 Å². The second kappa shape index (κ2) is 4.24. The first-order valence-corrected chi connectivity index (χ1v) is 6.98. The van der Waals surface area contributed by atoms with Gasteiger partial charge in [-0.05, 0) is 31.0 Å². The van der Waals surface area contributed by atoms with Gasteiger partial charge in [-0.15, -0.1) is 11.6 Å². The topological polar surface area (TPSA) is 57.8 Å². The number of halogens is 2. The number of H-pyrrole nitrogens is 1. The average Bonchev–Trinajstić information content (AvgIpc) is 3.00. The van der Waals surface area contributed by atoms with E-state index in [0.717, 1.165) is 33.9 Å². The first kappa shape index (κ1) is 12.0. The van der Waals surface area contributed by atoms with Gasteiger partial charge in [-0.25, -0.2) is 0 Å². The van der Waals surface area contributed by atoms with Crippen molar-refractivity contribution in [3.05, 3.63) is 28.4 Å². The number of aromatic nitrogens is 2. The molecule has 0 aliphatic heterocycles. The van der Waals surface area contributed by atoms with Crippen LogP contribution in [0.2, 0.25) is 0 Å². The van der Waals surface area contributed by atoms with Crippen LogP contribution in [0.1, 0.15) is 18.5 Å². The summed E-state index contributed by atoms with van der Waals surface area (Å²) >= 11 is 9.00. The maximum atomic E-state index is 11.5. The number of fused-ring (bicyclic) bond motifs is 1. The van der Waals surface area contributed by atoms with Gasteiger partial charge in [0, 0.05) is 9.86 Å². The fourth-order valence-corrected chi connectivity index (χ4v) is 2.63. The minimum Gasteiger partial charge on any atom is -0.344 e. The molecule has 0 unspecified atom stereocenters. The van der Waals surface area contributed by atoms with E-state index in [0.29, 0.717) is 0 Å². The van der Waals surface area contributed by atoms with Crippen LogP contribution in [0.5, 0.6) is 0 Å². The Kier molecular flexibility index (Phi) is 2.83. The van der Waals surface area contributed by atoms with Gasteiger partial charge in [-0.1, -0.05) is 15.9 Å². The average molecular weight is 329 g/mol. The maximum absolute atomic E-state index is 11.5. The van der Waals surface area contributed by atoms with Gasteiger partial charge in [-0.3, -0.25) is 9.89 Å². The minimum atomic E-state index is -0.328. The molecule has 1 aliphatic carbocycles. The molecule has 94 valence electrons. The molecule has 0 atom stereocenters. The maximum Gasteiger partial charge on any atom is 0.235 e. The van der Waals surface area contributed by atoms with Crippen LogP contribution in [0.25, 0.3) is 10.9 Å². The molecule has 1 saturated carbocycles. The van der Waals surface area contributed by atoms with E-state index in [9.17, 15) is 4.79 Å². The van der Waals surface area contributed by atoms with E-state index in [2.05, 4.69) is 31.4 Å². The second-order valence-electron chi connectivity index (χ2n) is 4.53. The van der Waals surface area contributed by atoms with Crippen molar-refractivity contribution >= 4 is 44.3 Å². The number of carbonyl (C=O) groups is 1. The van der Waals surface area contributed by atoms with Gasteiger partial charge < -0.3 is 5.32 Å². The highest BCUT2D eigenvalue weighted by molar-refractivity contribution is 9.10. The van der Waals surface area contributed by atoms with Gasteiger partial charge in [0.25, 0.3) is 0 Å². The Morgan fingerprint density at radius 2 is 2.33 bits per heavy atom. The molecule has 0 radical (unpaired) electrons. The third-order valence-electron chi connectivity index (χ3n) is 3.23. The number of hydrogen-bond acceptors (Lipinski definition) is 2. The molecule has 6 heteroatoms. The van der Waals surface area contributed by atoms with Crippen molar-refractivity contribution in [3.63, 3.8) is 0 Å². The quantitative estimate of drug-likeness (QED) is 0.851. The molecule has 0 spiro atoms. The van der Waals surface area contributed by atoms with Crippen molar-refractivity contribution in [1.82, 2.24) is 15.5 Å². The van der Waals surface area contributed by atoms with Crippen molar-refractivity contribution in [2.45, 2.75) is 18.4 Å². The summed E-state index contributed by atoms with van der Waals surface area (Å²) in [6.07, 6.45) is 1.81. The molecule has 0 bridgehead atoms. The van der Waals surface area contributed by atoms with E-state index in [-0.39, 0.29) is 17.3 Å². The first-order valence-electron chi connectivity index (χ1n) is 5.66. The largest absolute Gasteiger partial charge is 0.344 e. The molecule has 2 aromatic rings. The third kappa shape index (κ3) is 1.91. The zero-order valence-corrected chi connectivity index (χ0v) is 11.8. The lowest BCUT2D eigenvalue weighted by Crippen LogP contribution is -2.36. The molecule has 1 amide bonds. The van der Waals surface area contributed by atoms with Crippen LogP contribution >= 0.6 is 27.5 Å². The summed E-state index contributed by atoms with van der Waals surface area (Å²) in [5, 5.41) is 11.4. The molecule has 1 aliphatic rings. The highest BCUT2D eigenvalue weighted by Crippen LogP contribution is 2.47. The molecule has 18 heavy (non-hydrogen) atoms. The summed E-state index contributed by atoms with van der Waals surface area (Å²) < 4.78 is 0.997. The van der Waals surface area contributed by atoms with Crippen LogP contribution in [0.3, 0.4) is 0 Å². The number of carbonyl (C=O) groups excluding carboxylic acids is 1. The zero-order valence-electron chi connectivity index (χ0n) is 9.46. The standard InChI is InChI=1S/C12H11BrClN3O/c13-7-1-2-9-8(5-7)11(17-16-9)12(3-4-12)15-10(18)6-14/h1-2,5H,3-4,6H2,(H,15,18)(H,16,17). The number of nitrogens with one attached hydrogen (secondary N) is 2. The Morgan fingerprint density at radius 1 is 1.56 bits per heavy atom. The SMILES string of the molecule is O=C(CCl)NC1(c2n[nH]c3ccc(Br)cc23)CC1. The fraction of sp³-hybridized carbons (Fsp3) is 0.333. The Hall–Kier alpha value is -1.07. The molecule has 0 saturated heterocycles. The van der Waals surface area contributed by atoms with Crippen LogP contribution in [0.15, 0.2) is 22.7 Å². The van der Waals surface area contributed by atoms with E-state index >= 15 is 0 Å². The van der Waals surface area contributed by atoms with Crippen LogP contribution in [0, 0.1) is 0 Å². The lowest BCUT2D eigenvalue weighted by atomic mass is 10.1. The monoisotopic (exact) mass is 327 g/mol. The van der Waals surface area contributed by atoms with Gasteiger partial charge >= 0.3 is 0 Å². The lowest BCUT2D eigenvalue weighted by Gasteiger charge is -2.14. The number of rotatable bonds is 3. The second-order valence-corrected chi connectivity index (χ2v) is 5.71. The van der Waals surface area contributed by atoms with Crippen LogP contribution < -0.4 is 5.32 Å². The molecule has 1 fully saturated rings. The highest BCUT2D eigenvalue weighted by atomic mass is 79.9. The van der Waals surface area contributed by atoms with Crippen LogP contribution in [-0.4, -0.2) is 22.0 Å². The van der Waals surface area contributed by atoms with Crippen molar-refractivity contribution in [2.75, 3.05) is 5.88 Å². The van der Waals surface area contributed by atoms with Gasteiger partial charge in [0.05, 0.1) is 16.7 Å². The summed E-state index contributed by atoms with van der Waals surface area (Å²) in [5.41, 5.74) is 1.54. The number of alkyl halides is 1. The molecule has 4 nitrogen and oxygen atoms in total. The Balaban J connectivity index is 2.04. The van der Waals surface area contributed by atoms with E-state index in [1.54, 1.807) is 0 Å². The Bertz CT molecular complexity index is 621. The summed E-state index contributed by atoms with van der Waals surface area (Å²) in [6.45, 7) is 0. The van der Waals surface area contributed by atoms with E-state index in [1.165, 1.54) is 0 Å². The number of nitrogens with zero attached hydrogens (tertiary/aromatic N) is 1. The van der Waals surface area contributed by atoms with Crippen LogP contribution in [0.4, 0.5) is 0 Å². The summed E-state index contributed by atoms with van der Waals surface area (Å²) in [4.78, 5) is 11.5. The molecular weight excluding hydrogens is 318 g/mol. The molecule has 3 rings (SSSR count). The summed E-state index contributed by atoms with van der Waals surface area (Å²) in [7, 11) is 0.